The Labute approximate surface area is 115 Å². The number of hydrogen-bond acceptors (Lipinski definition) is 4. The highest BCUT2D eigenvalue weighted by Crippen LogP contribution is 2.26. The van der Waals surface area contributed by atoms with E-state index in [1.165, 1.54) is 18.2 Å². The van der Waals surface area contributed by atoms with Crippen LogP contribution in [0.3, 0.4) is 0 Å². The van der Waals surface area contributed by atoms with Crippen molar-refractivity contribution in [2.45, 2.75) is 20.3 Å². The number of hydrogen-bond donors (Lipinski definition) is 2. The van der Waals surface area contributed by atoms with E-state index in [0.29, 0.717) is 34.5 Å². The van der Waals surface area contributed by atoms with Crippen LogP contribution in [0.5, 0.6) is 0 Å². The van der Waals surface area contributed by atoms with Gasteiger partial charge in [0, 0.05) is 17.0 Å². The molecule has 1 heterocycles. The van der Waals surface area contributed by atoms with Gasteiger partial charge in [0.1, 0.15) is 23.3 Å². The molecule has 0 saturated heterocycles. The first-order valence-corrected chi connectivity index (χ1v) is 6.24. The molecule has 19 heavy (non-hydrogen) atoms. The maximum absolute atomic E-state index is 13.7. The van der Waals surface area contributed by atoms with E-state index in [9.17, 15) is 4.39 Å². The van der Waals surface area contributed by atoms with Gasteiger partial charge < -0.3 is 11.1 Å². The summed E-state index contributed by atoms with van der Waals surface area (Å²) in [6.07, 6.45) is 0.650. The third kappa shape index (κ3) is 2.93. The van der Waals surface area contributed by atoms with Crippen LogP contribution in [-0.2, 0) is 6.42 Å². The monoisotopic (exact) mass is 280 g/mol. The summed E-state index contributed by atoms with van der Waals surface area (Å²) in [5.41, 5.74) is 6.75. The number of halogens is 2. The van der Waals surface area contributed by atoms with Crippen molar-refractivity contribution >= 4 is 28.9 Å². The zero-order chi connectivity index (χ0) is 14.0. The number of rotatable bonds is 3. The average Bonchev–Trinajstić information content (AvgIpc) is 2.38. The summed E-state index contributed by atoms with van der Waals surface area (Å²) in [6.45, 7) is 3.70. The van der Waals surface area contributed by atoms with Crippen LogP contribution in [0.15, 0.2) is 18.2 Å². The van der Waals surface area contributed by atoms with E-state index >= 15 is 0 Å². The zero-order valence-electron chi connectivity index (χ0n) is 10.7. The number of nitrogen functional groups attached to an aromatic ring is 1. The number of benzene rings is 1. The van der Waals surface area contributed by atoms with Crippen molar-refractivity contribution in [3.63, 3.8) is 0 Å². The van der Waals surface area contributed by atoms with E-state index in [2.05, 4.69) is 15.3 Å². The van der Waals surface area contributed by atoms with E-state index in [0.717, 1.165) is 0 Å². The van der Waals surface area contributed by atoms with Crippen LogP contribution in [0.2, 0.25) is 5.02 Å². The Morgan fingerprint density at radius 3 is 2.79 bits per heavy atom. The highest BCUT2D eigenvalue weighted by molar-refractivity contribution is 6.30. The van der Waals surface area contributed by atoms with Gasteiger partial charge in [-0.05, 0) is 25.1 Å². The lowest BCUT2D eigenvalue weighted by molar-refractivity contribution is 0.631. The Bertz CT molecular complexity index is 616. The quantitative estimate of drug-likeness (QED) is 0.904. The lowest BCUT2D eigenvalue weighted by Gasteiger charge is -2.12. The fraction of sp³-hybridized carbons (Fsp3) is 0.231. The second-order valence-corrected chi connectivity index (χ2v) is 4.54. The molecule has 0 spiro atoms. The van der Waals surface area contributed by atoms with Crippen molar-refractivity contribution in [1.82, 2.24) is 9.97 Å². The molecule has 1 aromatic carbocycles. The van der Waals surface area contributed by atoms with Crippen molar-refractivity contribution < 1.29 is 4.39 Å². The highest BCUT2D eigenvalue weighted by atomic mass is 35.5. The number of nitrogens with zero attached hydrogens (tertiary/aromatic N) is 2. The summed E-state index contributed by atoms with van der Waals surface area (Å²) >= 11 is 5.85. The highest BCUT2D eigenvalue weighted by Gasteiger charge is 2.10. The lowest BCUT2D eigenvalue weighted by atomic mass is 10.2. The van der Waals surface area contributed by atoms with Gasteiger partial charge in [0.05, 0.1) is 5.69 Å². The fourth-order valence-corrected chi connectivity index (χ4v) is 1.75. The smallest absolute Gasteiger partial charge is 0.146 e. The van der Waals surface area contributed by atoms with E-state index in [-0.39, 0.29) is 5.69 Å². The molecule has 6 heteroatoms. The molecule has 0 fully saturated rings. The molecule has 0 aliphatic rings. The summed E-state index contributed by atoms with van der Waals surface area (Å²) in [6, 6.07) is 4.28. The molecule has 1 aromatic heterocycles. The van der Waals surface area contributed by atoms with Crippen molar-refractivity contribution in [3.8, 4) is 0 Å². The second kappa shape index (κ2) is 5.40. The molecule has 0 atom stereocenters. The Morgan fingerprint density at radius 1 is 1.37 bits per heavy atom. The summed E-state index contributed by atoms with van der Waals surface area (Å²) < 4.78 is 13.7. The van der Waals surface area contributed by atoms with Gasteiger partial charge >= 0.3 is 0 Å². The van der Waals surface area contributed by atoms with Crippen molar-refractivity contribution in [3.05, 3.63) is 40.4 Å². The maximum Gasteiger partial charge on any atom is 0.146 e. The Morgan fingerprint density at radius 2 is 2.11 bits per heavy atom. The number of nitrogens with two attached hydrogens (primary N) is 1. The molecule has 3 N–H and O–H groups in total. The zero-order valence-corrected chi connectivity index (χ0v) is 11.4. The number of aromatic nitrogens is 2. The SMILES string of the molecule is CCc1nc(N)c(C)c(Nc2cc(Cl)ccc2F)n1. The molecular weight excluding hydrogens is 267 g/mol. The summed E-state index contributed by atoms with van der Waals surface area (Å²) in [4.78, 5) is 8.45. The first-order chi connectivity index (χ1) is 9.01. The normalized spacial score (nSPS) is 10.5. The van der Waals surface area contributed by atoms with Gasteiger partial charge in [-0.2, -0.15) is 0 Å². The molecule has 0 radical (unpaired) electrons. The van der Waals surface area contributed by atoms with Crippen LogP contribution in [0.4, 0.5) is 21.7 Å². The van der Waals surface area contributed by atoms with E-state index < -0.39 is 5.82 Å². The van der Waals surface area contributed by atoms with E-state index in [1.54, 1.807) is 6.92 Å². The minimum atomic E-state index is -0.404. The number of aryl methyl sites for hydroxylation is 1. The number of nitrogens with one attached hydrogen (secondary N) is 1. The van der Waals surface area contributed by atoms with E-state index in [1.807, 2.05) is 6.92 Å². The third-order valence-electron chi connectivity index (χ3n) is 2.73. The minimum Gasteiger partial charge on any atom is -0.383 e. The Hall–Kier alpha value is -1.88. The predicted molar refractivity (Wildman–Crippen MR) is 75.3 cm³/mol. The molecule has 100 valence electrons. The maximum atomic E-state index is 13.7. The first-order valence-electron chi connectivity index (χ1n) is 5.86. The predicted octanol–water partition coefficient (Wildman–Crippen LogP) is 3.47. The van der Waals surface area contributed by atoms with Gasteiger partial charge in [-0.25, -0.2) is 14.4 Å². The molecule has 0 amide bonds. The Kier molecular flexibility index (Phi) is 3.85. The van der Waals surface area contributed by atoms with Gasteiger partial charge in [0.25, 0.3) is 0 Å². The molecule has 2 aromatic rings. The van der Waals surface area contributed by atoms with Gasteiger partial charge in [-0.3, -0.25) is 0 Å². The standard InChI is InChI=1S/C13H14ClFN4/c1-3-11-18-12(16)7(2)13(19-11)17-10-6-8(14)4-5-9(10)15/h4-6H,3H2,1-2H3,(H3,16,17,18,19). The van der Waals surface area contributed by atoms with Gasteiger partial charge in [0.2, 0.25) is 0 Å². The first kappa shape index (κ1) is 13.5. The second-order valence-electron chi connectivity index (χ2n) is 4.10. The molecule has 0 aliphatic carbocycles. The molecule has 0 saturated carbocycles. The third-order valence-corrected chi connectivity index (χ3v) is 2.96. The van der Waals surface area contributed by atoms with Crippen LogP contribution in [0.25, 0.3) is 0 Å². The van der Waals surface area contributed by atoms with Crippen LogP contribution in [0.1, 0.15) is 18.3 Å². The molecule has 2 rings (SSSR count). The van der Waals surface area contributed by atoms with Gasteiger partial charge in [-0.15, -0.1) is 0 Å². The fourth-order valence-electron chi connectivity index (χ4n) is 1.58. The van der Waals surface area contributed by atoms with Gasteiger partial charge in [0.15, 0.2) is 0 Å². The summed E-state index contributed by atoms with van der Waals surface area (Å²) in [5, 5.41) is 3.35. The largest absolute Gasteiger partial charge is 0.383 e. The Balaban J connectivity index is 2.42. The minimum absolute atomic E-state index is 0.260. The molecule has 0 aliphatic heterocycles. The molecular formula is C13H14ClFN4. The van der Waals surface area contributed by atoms with Crippen LogP contribution >= 0.6 is 11.6 Å². The average molecular weight is 281 g/mol. The van der Waals surface area contributed by atoms with Crippen LogP contribution in [0, 0.1) is 12.7 Å². The summed E-state index contributed by atoms with van der Waals surface area (Å²) in [5.74, 6) is 1.08. The molecule has 4 nitrogen and oxygen atoms in total. The van der Waals surface area contributed by atoms with Crippen LogP contribution < -0.4 is 11.1 Å². The topological polar surface area (TPSA) is 63.8 Å². The van der Waals surface area contributed by atoms with Crippen molar-refractivity contribution in [1.29, 1.82) is 0 Å². The molecule has 0 bridgehead atoms. The summed E-state index contributed by atoms with van der Waals surface area (Å²) in [7, 11) is 0. The van der Waals surface area contributed by atoms with Gasteiger partial charge in [-0.1, -0.05) is 18.5 Å². The molecule has 0 unspecified atom stereocenters. The number of anilines is 3. The van der Waals surface area contributed by atoms with Crippen molar-refractivity contribution in [2.24, 2.45) is 0 Å². The lowest BCUT2D eigenvalue weighted by Crippen LogP contribution is -2.07. The van der Waals surface area contributed by atoms with E-state index in [4.69, 9.17) is 17.3 Å². The van der Waals surface area contributed by atoms with Crippen LogP contribution in [-0.4, -0.2) is 9.97 Å². The van der Waals surface area contributed by atoms with Crippen molar-refractivity contribution in [2.75, 3.05) is 11.1 Å².